The van der Waals surface area contributed by atoms with E-state index in [1.807, 2.05) is 0 Å². The summed E-state index contributed by atoms with van der Waals surface area (Å²) >= 11 is 0. The van der Waals surface area contributed by atoms with Gasteiger partial charge in [-0.05, 0) is 25.3 Å². The van der Waals surface area contributed by atoms with E-state index in [-0.39, 0.29) is 0 Å². The number of rotatable bonds is 2. The van der Waals surface area contributed by atoms with E-state index in [0.717, 1.165) is 18.0 Å². The van der Waals surface area contributed by atoms with Crippen LogP contribution in [0.3, 0.4) is 0 Å². The summed E-state index contributed by atoms with van der Waals surface area (Å²) in [6.45, 7) is 8.53. The molecule has 1 N–H and O–H groups in total. The molecule has 0 aromatic carbocycles. The van der Waals surface area contributed by atoms with E-state index in [4.69, 9.17) is 0 Å². The van der Waals surface area contributed by atoms with Gasteiger partial charge in [0.15, 0.2) is 0 Å². The zero-order valence-corrected chi connectivity index (χ0v) is 8.92. The van der Waals surface area contributed by atoms with Crippen molar-refractivity contribution in [2.24, 2.45) is 5.92 Å². The van der Waals surface area contributed by atoms with E-state index < -0.39 is 0 Å². The Balaban J connectivity index is 1.89. The van der Waals surface area contributed by atoms with Crippen molar-refractivity contribution in [1.29, 1.82) is 0 Å². The first kappa shape index (κ1) is 9.47. The molecule has 0 aromatic rings. The second-order valence-electron chi connectivity index (χ2n) is 4.69. The third-order valence-electron chi connectivity index (χ3n) is 3.88. The lowest BCUT2D eigenvalue weighted by Gasteiger charge is -2.38. The zero-order chi connectivity index (χ0) is 9.26. The Kier molecular flexibility index (Phi) is 2.89. The highest BCUT2D eigenvalue weighted by atomic mass is 15.2. The highest BCUT2D eigenvalue weighted by molar-refractivity contribution is 4.91. The van der Waals surface area contributed by atoms with Gasteiger partial charge < -0.3 is 5.32 Å². The first-order valence-corrected chi connectivity index (χ1v) is 5.78. The Morgan fingerprint density at radius 2 is 2.38 bits per heavy atom. The van der Waals surface area contributed by atoms with Gasteiger partial charge in [0.2, 0.25) is 0 Å². The lowest BCUT2D eigenvalue weighted by atomic mass is 9.96. The number of nitrogens with zero attached hydrogens (tertiary/aromatic N) is 1. The lowest BCUT2D eigenvalue weighted by Crippen LogP contribution is -2.55. The van der Waals surface area contributed by atoms with Crippen LogP contribution in [0.1, 0.15) is 33.1 Å². The van der Waals surface area contributed by atoms with Crippen LogP contribution in [0, 0.1) is 5.92 Å². The molecule has 2 nitrogen and oxygen atoms in total. The minimum Gasteiger partial charge on any atom is -0.311 e. The summed E-state index contributed by atoms with van der Waals surface area (Å²) in [5.74, 6) is 0.835. The van der Waals surface area contributed by atoms with Gasteiger partial charge in [0.1, 0.15) is 0 Å². The molecule has 3 unspecified atom stereocenters. The fourth-order valence-corrected chi connectivity index (χ4v) is 2.64. The minimum atomic E-state index is 0.749. The van der Waals surface area contributed by atoms with Crippen LogP contribution in [0.5, 0.6) is 0 Å². The summed E-state index contributed by atoms with van der Waals surface area (Å²) in [4.78, 5) is 2.69. The van der Waals surface area contributed by atoms with Crippen molar-refractivity contribution in [2.75, 3.05) is 19.6 Å². The molecule has 0 amide bonds. The molecule has 0 saturated carbocycles. The van der Waals surface area contributed by atoms with Crippen LogP contribution in [0.25, 0.3) is 0 Å². The Hall–Kier alpha value is -0.0800. The molecule has 2 saturated heterocycles. The summed E-state index contributed by atoms with van der Waals surface area (Å²) in [5.41, 5.74) is 0. The van der Waals surface area contributed by atoms with Crippen molar-refractivity contribution in [3.05, 3.63) is 0 Å². The fraction of sp³-hybridized carbons (Fsp3) is 1.00. The quantitative estimate of drug-likeness (QED) is 0.695. The molecule has 2 fully saturated rings. The van der Waals surface area contributed by atoms with E-state index in [1.54, 1.807) is 0 Å². The third-order valence-corrected chi connectivity index (χ3v) is 3.88. The van der Waals surface area contributed by atoms with E-state index in [2.05, 4.69) is 24.1 Å². The largest absolute Gasteiger partial charge is 0.311 e. The number of hydrogen-bond acceptors (Lipinski definition) is 2. The van der Waals surface area contributed by atoms with Gasteiger partial charge in [0.25, 0.3) is 0 Å². The maximum absolute atomic E-state index is 3.70. The maximum atomic E-state index is 3.70. The van der Waals surface area contributed by atoms with E-state index in [0.29, 0.717) is 0 Å². The van der Waals surface area contributed by atoms with Crippen LogP contribution in [0.4, 0.5) is 0 Å². The summed E-state index contributed by atoms with van der Waals surface area (Å²) in [5, 5.41) is 3.70. The van der Waals surface area contributed by atoms with Crippen molar-refractivity contribution in [2.45, 2.75) is 45.2 Å². The van der Waals surface area contributed by atoms with Crippen LogP contribution < -0.4 is 5.32 Å². The Morgan fingerprint density at radius 1 is 1.54 bits per heavy atom. The highest BCUT2D eigenvalue weighted by Gasteiger charge is 2.32. The molecule has 0 aliphatic carbocycles. The summed E-state index contributed by atoms with van der Waals surface area (Å²) < 4.78 is 0. The van der Waals surface area contributed by atoms with Crippen molar-refractivity contribution in [3.63, 3.8) is 0 Å². The Morgan fingerprint density at radius 3 is 3.15 bits per heavy atom. The number of nitrogens with one attached hydrogen (secondary N) is 1. The van der Waals surface area contributed by atoms with Gasteiger partial charge in [-0.1, -0.05) is 20.3 Å². The lowest BCUT2D eigenvalue weighted by molar-refractivity contribution is 0.145. The smallest absolute Gasteiger partial charge is 0.0221 e. The molecule has 0 aromatic heterocycles. The topological polar surface area (TPSA) is 15.3 Å². The summed E-state index contributed by atoms with van der Waals surface area (Å²) in [7, 11) is 0. The maximum Gasteiger partial charge on any atom is 0.0221 e. The number of hydrogen-bond donors (Lipinski definition) is 1. The number of fused-ring (bicyclic) bond motifs is 1. The van der Waals surface area contributed by atoms with Gasteiger partial charge in [-0.3, -0.25) is 4.90 Å². The molecule has 13 heavy (non-hydrogen) atoms. The van der Waals surface area contributed by atoms with Crippen molar-refractivity contribution in [3.8, 4) is 0 Å². The average Bonchev–Trinajstić information content (AvgIpc) is 2.63. The zero-order valence-electron chi connectivity index (χ0n) is 8.92. The van der Waals surface area contributed by atoms with E-state index in [9.17, 15) is 0 Å². The molecule has 2 heterocycles. The van der Waals surface area contributed by atoms with Gasteiger partial charge in [-0.2, -0.15) is 0 Å². The van der Waals surface area contributed by atoms with Gasteiger partial charge in [-0.15, -0.1) is 0 Å². The fourth-order valence-electron chi connectivity index (χ4n) is 2.64. The predicted molar refractivity (Wildman–Crippen MR) is 55.8 cm³/mol. The SMILES string of the molecule is CCC(C)C1CN2CCCC2CN1. The normalized spacial score (nSPS) is 37.4. The standard InChI is InChI=1S/C11H22N2/c1-3-9(2)11-8-13-6-4-5-10(13)7-12-11/h9-12H,3-8H2,1-2H3. The second-order valence-corrected chi connectivity index (χ2v) is 4.69. The molecular weight excluding hydrogens is 160 g/mol. The average molecular weight is 182 g/mol. The van der Waals surface area contributed by atoms with E-state index >= 15 is 0 Å². The molecule has 0 spiro atoms. The van der Waals surface area contributed by atoms with Crippen molar-refractivity contribution < 1.29 is 0 Å². The van der Waals surface area contributed by atoms with Gasteiger partial charge in [-0.25, -0.2) is 0 Å². The Bertz CT molecular complexity index is 169. The molecule has 76 valence electrons. The van der Waals surface area contributed by atoms with Crippen molar-refractivity contribution in [1.82, 2.24) is 10.2 Å². The van der Waals surface area contributed by atoms with Crippen LogP contribution >= 0.6 is 0 Å². The second kappa shape index (κ2) is 3.97. The van der Waals surface area contributed by atoms with Crippen LogP contribution in [0.15, 0.2) is 0 Å². The van der Waals surface area contributed by atoms with Crippen LogP contribution in [-0.2, 0) is 0 Å². The predicted octanol–water partition coefficient (Wildman–Crippen LogP) is 1.47. The van der Waals surface area contributed by atoms with Gasteiger partial charge >= 0.3 is 0 Å². The van der Waals surface area contributed by atoms with E-state index in [1.165, 1.54) is 38.9 Å². The first-order chi connectivity index (χ1) is 6.31. The molecule has 0 radical (unpaired) electrons. The molecule has 0 bridgehead atoms. The van der Waals surface area contributed by atoms with Crippen molar-refractivity contribution >= 4 is 0 Å². The summed E-state index contributed by atoms with van der Waals surface area (Å²) in [6, 6.07) is 1.61. The van der Waals surface area contributed by atoms with Gasteiger partial charge in [0, 0.05) is 25.2 Å². The molecule has 2 heteroatoms. The Labute approximate surface area is 81.7 Å². The number of piperazine rings is 1. The van der Waals surface area contributed by atoms with Gasteiger partial charge in [0.05, 0.1) is 0 Å². The highest BCUT2D eigenvalue weighted by Crippen LogP contribution is 2.22. The first-order valence-electron chi connectivity index (χ1n) is 5.78. The minimum absolute atomic E-state index is 0.749. The molecule has 2 aliphatic heterocycles. The van der Waals surface area contributed by atoms with Crippen LogP contribution in [-0.4, -0.2) is 36.6 Å². The molecule has 3 atom stereocenters. The van der Waals surface area contributed by atoms with Crippen LogP contribution in [0.2, 0.25) is 0 Å². The molecule has 2 aliphatic rings. The monoisotopic (exact) mass is 182 g/mol. The third kappa shape index (κ3) is 1.89. The molecular formula is C11H22N2. The summed E-state index contributed by atoms with van der Waals surface area (Å²) in [6.07, 6.45) is 4.13. The molecule has 2 rings (SSSR count).